The number of aliphatic hydroxyl groups is 1. The van der Waals surface area contributed by atoms with Crippen LogP contribution < -0.4 is 20.5 Å². The Morgan fingerprint density at radius 3 is 2.24 bits per heavy atom. The van der Waals surface area contributed by atoms with Gasteiger partial charge in [0.1, 0.15) is 35.5 Å². The molecule has 230 valence electrons. The first kappa shape index (κ1) is 31.9. The van der Waals surface area contributed by atoms with Gasteiger partial charge < -0.3 is 49.9 Å². The summed E-state index contributed by atoms with van der Waals surface area (Å²) in [7, 11) is -14.7. The smallest absolute Gasteiger partial charge is 0.490 e. The second-order valence-corrected chi connectivity index (χ2v) is 12.6. The molecule has 1 aromatic carbocycles. The Bertz CT molecular complexity index is 1610. The summed E-state index contributed by atoms with van der Waals surface area (Å²) in [5.41, 5.74) is 5.85. The average Bonchev–Trinajstić information content (AvgIpc) is 3.43. The van der Waals surface area contributed by atoms with Crippen molar-refractivity contribution < 1.29 is 70.5 Å². The van der Waals surface area contributed by atoms with E-state index in [-0.39, 0.29) is 34.0 Å². The quantitative estimate of drug-likeness (QED) is 0.131. The molecular weight excluding hydrogens is 633 g/mol. The van der Waals surface area contributed by atoms with Crippen molar-refractivity contribution in [2.75, 3.05) is 20.0 Å². The summed E-state index contributed by atoms with van der Waals surface area (Å²) in [6.45, 7) is 0. The molecule has 4 unspecified atom stereocenters. The van der Waals surface area contributed by atoms with Crippen molar-refractivity contribution in [1.82, 2.24) is 24.8 Å². The third kappa shape index (κ3) is 7.30. The minimum Gasteiger partial charge on any atom is -0.497 e. The molecule has 24 heteroatoms. The number of carbonyl (C=O) groups excluding carboxylic acids is 1. The number of phosphoric ester groups is 1. The maximum absolute atomic E-state index is 13.2. The highest BCUT2D eigenvalue weighted by Gasteiger charge is 2.51. The highest BCUT2D eigenvalue weighted by Crippen LogP contribution is 2.67. The van der Waals surface area contributed by atoms with Crippen molar-refractivity contribution in [1.29, 1.82) is 0 Å². The lowest BCUT2D eigenvalue weighted by Crippen LogP contribution is -2.47. The van der Waals surface area contributed by atoms with Crippen molar-refractivity contribution in [3.63, 3.8) is 0 Å². The number of aliphatic hydroxyl groups excluding tert-OH is 1. The van der Waals surface area contributed by atoms with Gasteiger partial charge in [-0.05, 0) is 12.1 Å². The second-order valence-electron chi connectivity index (χ2n) is 8.27. The van der Waals surface area contributed by atoms with Crippen LogP contribution in [0.1, 0.15) is 16.6 Å². The van der Waals surface area contributed by atoms with Gasteiger partial charge in [-0.25, -0.2) is 28.6 Å². The molecule has 0 aliphatic carbocycles. The molecular formula is C18H23N6O15P3. The number of carbonyl (C=O) groups is 1. The molecule has 0 saturated carbocycles. The van der Waals surface area contributed by atoms with Gasteiger partial charge in [0, 0.05) is 11.6 Å². The van der Waals surface area contributed by atoms with Crippen LogP contribution in [0.3, 0.4) is 0 Å². The first-order valence-electron chi connectivity index (χ1n) is 11.1. The molecule has 2 aromatic heterocycles. The molecule has 3 aromatic rings. The van der Waals surface area contributed by atoms with E-state index in [1.807, 2.05) is 0 Å². The Morgan fingerprint density at radius 1 is 1.00 bits per heavy atom. The Labute approximate surface area is 234 Å². The van der Waals surface area contributed by atoms with Gasteiger partial charge in [-0.1, -0.05) is 0 Å². The monoisotopic (exact) mass is 656 g/mol. The fourth-order valence-corrected chi connectivity index (χ4v) is 6.88. The Hall–Kier alpha value is -3.03. The zero-order valence-electron chi connectivity index (χ0n) is 21.2. The highest BCUT2D eigenvalue weighted by atomic mass is 31.3. The normalized spacial score (nSPS) is 23.7. The minimum atomic E-state index is -5.90. The van der Waals surface area contributed by atoms with Crippen LogP contribution in [0.2, 0.25) is 0 Å². The van der Waals surface area contributed by atoms with Gasteiger partial charge in [-0.3, -0.25) is 13.9 Å². The standard InChI is InChI=1S/C18H23N6O15P3/c1-34-9-3-8(4-10(5-9)35-2)16(26)23-11-13(25)17(24-7-22-12-14(19)20-6-21-15(12)24)36-18(11)37-41(30,31)39-42(32,33)38-40(27,28)29/h3-7,11,13,17-18,25H,1-2H3,(H,23,26)(H,30,31)(H,32,33)(H2,19,20,21)(H2,27,28,29)/t11?,13?,17-,18-/m1/s1. The van der Waals surface area contributed by atoms with Crippen LogP contribution in [0.15, 0.2) is 30.9 Å². The number of aromatic nitrogens is 4. The minimum absolute atomic E-state index is 0.0344. The van der Waals surface area contributed by atoms with E-state index in [0.717, 1.165) is 17.2 Å². The molecule has 42 heavy (non-hydrogen) atoms. The van der Waals surface area contributed by atoms with Crippen LogP contribution in [0.25, 0.3) is 11.2 Å². The van der Waals surface area contributed by atoms with Crippen LogP contribution >= 0.6 is 23.5 Å². The summed E-state index contributed by atoms with van der Waals surface area (Å²) in [5, 5.41) is 13.5. The molecule has 0 spiro atoms. The van der Waals surface area contributed by atoms with E-state index in [9.17, 15) is 33.4 Å². The van der Waals surface area contributed by atoms with E-state index < -0.39 is 54.0 Å². The third-order valence-electron chi connectivity index (χ3n) is 5.45. The average molecular weight is 656 g/mol. The number of nitrogens with one attached hydrogen (secondary N) is 1. The predicted molar refractivity (Wildman–Crippen MR) is 135 cm³/mol. The van der Waals surface area contributed by atoms with Crippen molar-refractivity contribution in [3.8, 4) is 11.5 Å². The summed E-state index contributed by atoms with van der Waals surface area (Å²) in [6.07, 6.45) is -3.26. The number of benzene rings is 1. The van der Waals surface area contributed by atoms with E-state index >= 15 is 0 Å². The number of nitrogens with zero attached hydrogens (tertiary/aromatic N) is 4. The van der Waals surface area contributed by atoms with Gasteiger partial charge in [0.05, 0.1) is 20.5 Å². The van der Waals surface area contributed by atoms with Crippen molar-refractivity contribution in [2.24, 2.45) is 0 Å². The zero-order chi connectivity index (χ0) is 31.0. The van der Waals surface area contributed by atoms with Gasteiger partial charge in [-0.15, -0.1) is 0 Å². The van der Waals surface area contributed by atoms with Crippen LogP contribution in [-0.4, -0.2) is 82.8 Å². The third-order valence-corrected chi connectivity index (χ3v) is 9.25. The summed E-state index contributed by atoms with van der Waals surface area (Å²) in [4.78, 5) is 62.1. The lowest BCUT2D eigenvalue weighted by Gasteiger charge is -2.24. The molecule has 1 fully saturated rings. The number of rotatable bonds is 11. The van der Waals surface area contributed by atoms with Crippen molar-refractivity contribution >= 4 is 46.4 Å². The predicted octanol–water partition coefficient (Wildman–Crippen LogP) is -0.217. The van der Waals surface area contributed by atoms with E-state index in [4.69, 9.17) is 34.3 Å². The van der Waals surface area contributed by atoms with E-state index in [1.165, 1.54) is 32.4 Å². The van der Waals surface area contributed by atoms with Crippen molar-refractivity contribution in [3.05, 3.63) is 36.4 Å². The Morgan fingerprint density at radius 2 is 1.64 bits per heavy atom. The number of fused-ring (bicyclic) bond motifs is 1. The molecule has 3 heterocycles. The Kier molecular flexibility index (Phi) is 9.06. The van der Waals surface area contributed by atoms with Gasteiger partial charge in [0.15, 0.2) is 24.0 Å². The fraction of sp³-hybridized carbons (Fsp3) is 0.333. The zero-order valence-corrected chi connectivity index (χ0v) is 23.9. The maximum atomic E-state index is 13.2. The fourth-order valence-electron chi connectivity index (χ4n) is 3.77. The van der Waals surface area contributed by atoms with E-state index in [0.29, 0.717) is 0 Å². The number of nitrogen functional groups attached to an aromatic ring is 1. The molecule has 0 bridgehead atoms. The van der Waals surface area contributed by atoms with Gasteiger partial charge in [0.25, 0.3) is 5.91 Å². The first-order valence-corrected chi connectivity index (χ1v) is 15.7. The highest BCUT2D eigenvalue weighted by molar-refractivity contribution is 7.66. The lowest BCUT2D eigenvalue weighted by atomic mass is 10.1. The SMILES string of the molecule is COc1cc(OC)cc(C(=O)NC2C(O)[C@H](n3cnc4c(N)ncnc43)O[C@@H]2OP(=O)(O)OP(=O)(O)OP(=O)(O)O)c1. The molecule has 1 amide bonds. The molecule has 8 N–H and O–H groups in total. The molecule has 1 saturated heterocycles. The number of hydrogen-bond acceptors (Lipinski definition) is 15. The van der Waals surface area contributed by atoms with E-state index in [2.05, 4.69) is 28.9 Å². The summed E-state index contributed by atoms with van der Waals surface area (Å²) >= 11 is 0. The summed E-state index contributed by atoms with van der Waals surface area (Å²) in [6, 6.07) is 2.35. The number of ether oxygens (including phenoxy) is 3. The summed E-state index contributed by atoms with van der Waals surface area (Å²) < 4.78 is 64.6. The number of phosphoric acid groups is 3. The largest absolute Gasteiger partial charge is 0.497 e. The number of anilines is 1. The number of methoxy groups -OCH3 is 2. The van der Waals surface area contributed by atoms with Gasteiger partial charge >= 0.3 is 23.5 Å². The van der Waals surface area contributed by atoms with Crippen LogP contribution in [0.4, 0.5) is 5.82 Å². The lowest BCUT2D eigenvalue weighted by molar-refractivity contribution is -0.117. The van der Waals surface area contributed by atoms with Crippen LogP contribution in [0, 0.1) is 0 Å². The molecule has 1 aliphatic rings. The first-order chi connectivity index (χ1) is 19.5. The molecule has 6 atom stereocenters. The van der Waals surface area contributed by atoms with Gasteiger partial charge in [-0.2, -0.15) is 8.62 Å². The number of hydrogen-bond donors (Lipinski definition) is 7. The Balaban J connectivity index is 1.67. The molecule has 1 aliphatic heterocycles. The van der Waals surface area contributed by atoms with Crippen molar-refractivity contribution in [2.45, 2.75) is 24.7 Å². The molecule has 21 nitrogen and oxygen atoms in total. The number of amides is 1. The molecule has 4 rings (SSSR count). The second kappa shape index (κ2) is 11.9. The van der Waals surface area contributed by atoms with Gasteiger partial charge in [0.2, 0.25) is 0 Å². The summed E-state index contributed by atoms with van der Waals surface area (Å²) in [5.74, 6) is -0.504. The topological polar surface area (TPSA) is 306 Å². The molecule has 0 radical (unpaired) electrons. The van der Waals surface area contributed by atoms with Crippen LogP contribution in [-0.2, 0) is 31.6 Å². The number of imidazole rings is 1. The number of nitrogens with two attached hydrogens (primary N) is 1. The van der Waals surface area contributed by atoms with Crippen LogP contribution in [0.5, 0.6) is 11.5 Å². The maximum Gasteiger partial charge on any atom is 0.490 e. The van der Waals surface area contributed by atoms with E-state index in [1.54, 1.807) is 0 Å².